The van der Waals surface area contributed by atoms with E-state index < -0.39 is 12.1 Å². The molecule has 0 aliphatic heterocycles. The van der Waals surface area contributed by atoms with E-state index in [1.807, 2.05) is 0 Å². The van der Waals surface area contributed by atoms with Crippen LogP contribution in [-0.4, -0.2) is 23.3 Å². The van der Waals surface area contributed by atoms with Crippen LogP contribution < -0.4 is 0 Å². The summed E-state index contributed by atoms with van der Waals surface area (Å²) >= 11 is 0. The van der Waals surface area contributed by atoms with E-state index in [4.69, 9.17) is 9.84 Å². The summed E-state index contributed by atoms with van der Waals surface area (Å²) in [6, 6.07) is 0. The number of aliphatic hydroxyl groups is 1. The molecule has 1 fully saturated rings. The Morgan fingerprint density at radius 3 is 2.44 bits per heavy atom. The first-order valence-corrected chi connectivity index (χ1v) is 6.30. The Morgan fingerprint density at radius 1 is 1.31 bits per heavy atom. The lowest BCUT2D eigenvalue weighted by Gasteiger charge is -2.36. The highest BCUT2D eigenvalue weighted by atomic mass is 16.6. The van der Waals surface area contributed by atoms with Crippen LogP contribution in [-0.2, 0) is 9.53 Å². The predicted octanol–water partition coefficient (Wildman–Crippen LogP) is 2.37. The molecule has 94 valence electrons. The van der Waals surface area contributed by atoms with E-state index in [1.165, 1.54) is 13.3 Å². The SMILES string of the molecule is CC(C)[C@@H]1CC[C@@H](C)C[C@H]1OC(=O)[C@H](C)O. The minimum Gasteiger partial charge on any atom is -0.460 e. The maximum Gasteiger partial charge on any atom is 0.334 e. The van der Waals surface area contributed by atoms with E-state index >= 15 is 0 Å². The normalized spacial score (nSPS) is 32.5. The Morgan fingerprint density at radius 2 is 1.94 bits per heavy atom. The second-order valence-corrected chi connectivity index (χ2v) is 5.48. The smallest absolute Gasteiger partial charge is 0.334 e. The van der Waals surface area contributed by atoms with E-state index in [0.717, 1.165) is 12.8 Å². The number of carbonyl (C=O) groups is 1. The molecule has 3 nitrogen and oxygen atoms in total. The van der Waals surface area contributed by atoms with Crippen molar-refractivity contribution in [2.45, 2.75) is 59.2 Å². The van der Waals surface area contributed by atoms with Crippen LogP contribution in [0, 0.1) is 17.8 Å². The van der Waals surface area contributed by atoms with Crippen LogP contribution in [0.3, 0.4) is 0 Å². The van der Waals surface area contributed by atoms with Crippen LogP contribution in [0.25, 0.3) is 0 Å². The fourth-order valence-corrected chi connectivity index (χ4v) is 2.50. The molecule has 0 aromatic rings. The summed E-state index contributed by atoms with van der Waals surface area (Å²) in [5.41, 5.74) is 0. The zero-order chi connectivity index (χ0) is 12.3. The molecule has 0 unspecified atom stereocenters. The van der Waals surface area contributed by atoms with E-state index in [1.54, 1.807) is 0 Å². The van der Waals surface area contributed by atoms with Gasteiger partial charge in [-0.15, -0.1) is 0 Å². The monoisotopic (exact) mass is 228 g/mol. The van der Waals surface area contributed by atoms with Crippen molar-refractivity contribution in [3.63, 3.8) is 0 Å². The van der Waals surface area contributed by atoms with Crippen LogP contribution in [0.5, 0.6) is 0 Å². The van der Waals surface area contributed by atoms with Gasteiger partial charge in [0, 0.05) is 0 Å². The second-order valence-electron chi connectivity index (χ2n) is 5.48. The lowest BCUT2D eigenvalue weighted by atomic mass is 9.75. The summed E-state index contributed by atoms with van der Waals surface area (Å²) in [5.74, 6) is 1.10. The van der Waals surface area contributed by atoms with Crippen molar-refractivity contribution in [1.82, 2.24) is 0 Å². The molecule has 0 amide bonds. The highest BCUT2D eigenvalue weighted by Crippen LogP contribution is 2.35. The molecule has 0 spiro atoms. The molecular formula is C13H24O3. The van der Waals surface area contributed by atoms with E-state index in [0.29, 0.717) is 17.8 Å². The first-order valence-electron chi connectivity index (χ1n) is 6.30. The third-order valence-corrected chi connectivity index (χ3v) is 3.57. The molecule has 1 aliphatic rings. The second kappa shape index (κ2) is 5.67. The zero-order valence-electron chi connectivity index (χ0n) is 10.8. The predicted molar refractivity (Wildman–Crippen MR) is 62.9 cm³/mol. The summed E-state index contributed by atoms with van der Waals surface area (Å²) < 4.78 is 5.41. The Bertz CT molecular complexity index is 235. The van der Waals surface area contributed by atoms with Crippen LogP contribution in [0.1, 0.15) is 47.0 Å². The maximum atomic E-state index is 11.4. The Hall–Kier alpha value is -0.570. The molecule has 0 bridgehead atoms. The van der Waals surface area contributed by atoms with Crippen molar-refractivity contribution in [2.24, 2.45) is 17.8 Å². The molecule has 1 saturated carbocycles. The van der Waals surface area contributed by atoms with Crippen molar-refractivity contribution in [2.75, 3.05) is 0 Å². The number of aliphatic hydroxyl groups excluding tert-OH is 1. The Labute approximate surface area is 98.2 Å². The van der Waals surface area contributed by atoms with E-state index in [2.05, 4.69) is 20.8 Å². The summed E-state index contributed by atoms with van der Waals surface area (Å²) in [4.78, 5) is 11.4. The van der Waals surface area contributed by atoms with Gasteiger partial charge < -0.3 is 9.84 Å². The zero-order valence-corrected chi connectivity index (χ0v) is 10.8. The largest absolute Gasteiger partial charge is 0.460 e. The van der Waals surface area contributed by atoms with Gasteiger partial charge in [-0.3, -0.25) is 0 Å². The molecule has 1 aliphatic carbocycles. The molecule has 1 rings (SSSR count). The standard InChI is InChI=1S/C13H24O3/c1-8(2)11-6-5-9(3)7-12(11)16-13(15)10(4)14/h8-12,14H,5-7H2,1-4H3/t9-,10+,11+,12-/m1/s1. The third kappa shape index (κ3) is 3.48. The van der Waals surface area contributed by atoms with Crippen molar-refractivity contribution >= 4 is 5.97 Å². The highest BCUT2D eigenvalue weighted by molar-refractivity contribution is 5.74. The van der Waals surface area contributed by atoms with Crippen molar-refractivity contribution in [3.05, 3.63) is 0 Å². The van der Waals surface area contributed by atoms with Gasteiger partial charge in [-0.05, 0) is 37.5 Å². The minimum absolute atomic E-state index is 0.00847. The van der Waals surface area contributed by atoms with Gasteiger partial charge in [-0.2, -0.15) is 0 Å². The van der Waals surface area contributed by atoms with Gasteiger partial charge in [0.1, 0.15) is 12.2 Å². The third-order valence-electron chi connectivity index (χ3n) is 3.57. The minimum atomic E-state index is -1.01. The van der Waals surface area contributed by atoms with Crippen molar-refractivity contribution < 1.29 is 14.6 Å². The van der Waals surface area contributed by atoms with E-state index in [-0.39, 0.29) is 6.10 Å². The molecule has 4 atom stereocenters. The number of carbonyl (C=O) groups excluding carboxylic acids is 1. The average molecular weight is 228 g/mol. The topological polar surface area (TPSA) is 46.5 Å². The van der Waals surface area contributed by atoms with Gasteiger partial charge >= 0.3 is 5.97 Å². The maximum absolute atomic E-state index is 11.4. The molecule has 0 aromatic carbocycles. The Balaban J connectivity index is 2.61. The van der Waals surface area contributed by atoms with Gasteiger partial charge in [0.15, 0.2) is 0 Å². The van der Waals surface area contributed by atoms with Gasteiger partial charge in [0.2, 0.25) is 0 Å². The number of hydrogen-bond acceptors (Lipinski definition) is 3. The number of ether oxygens (including phenoxy) is 1. The van der Waals surface area contributed by atoms with Crippen molar-refractivity contribution in [3.8, 4) is 0 Å². The van der Waals surface area contributed by atoms with Gasteiger partial charge in [-0.25, -0.2) is 4.79 Å². The molecule has 0 saturated heterocycles. The summed E-state index contributed by atoms with van der Waals surface area (Å²) in [6.07, 6.45) is 2.25. The van der Waals surface area contributed by atoms with Gasteiger partial charge in [0.05, 0.1) is 0 Å². The average Bonchev–Trinajstić information content (AvgIpc) is 2.16. The van der Waals surface area contributed by atoms with Crippen LogP contribution >= 0.6 is 0 Å². The first kappa shape index (κ1) is 13.5. The first-order chi connectivity index (χ1) is 7.41. The molecule has 16 heavy (non-hydrogen) atoms. The summed E-state index contributed by atoms with van der Waals surface area (Å²) in [6.45, 7) is 7.99. The lowest BCUT2D eigenvalue weighted by Crippen LogP contribution is -2.37. The fourth-order valence-electron chi connectivity index (χ4n) is 2.50. The Kier molecular flexibility index (Phi) is 4.78. The van der Waals surface area contributed by atoms with Crippen molar-refractivity contribution in [1.29, 1.82) is 0 Å². The highest BCUT2D eigenvalue weighted by Gasteiger charge is 2.33. The quantitative estimate of drug-likeness (QED) is 0.754. The molecular weight excluding hydrogens is 204 g/mol. The lowest BCUT2D eigenvalue weighted by molar-refractivity contribution is -0.164. The van der Waals surface area contributed by atoms with Crippen LogP contribution in [0.4, 0.5) is 0 Å². The number of rotatable bonds is 3. The summed E-state index contributed by atoms with van der Waals surface area (Å²) in [5, 5.41) is 9.17. The summed E-state index contributed by atoms with van der Waals surface area (Å²) in [7, 11) is 0. The molecule has 1 N–H and O–H groups in total. The van der Waals surface area contributed by atoms with Crippen LogP contribution in [0.15, 0.2) is 0 Å². The van der Waals surface area contributed by atoms with E-state index in [9.17, 15) is 4.79 Å². The number of esters is 1. The molecule has 0 heterocycles. The molecule has 3 heteroatoms. The fraction of sp³-hybridized carbons (Fsp3) is 0.923. The number of hydrogen-bond donors (Lipinski definition) is 1. The molecule has 0 aromatic heterocycles. The van der Waals surface area contributed by atoms with Crippen LogP contribution in [0.2, 0.25) is 0 Å². The van der Waals surface area contributed by atoms with Gasteiger partial charge in [-0.1, -0.05) is 27.2 Å². The molecule has 0 radical (unpaired) electrons. The van der Waals surface area contributed by atoms with Gasteiger partial charge in [0.25, 0.3) is 0 Å².